The van der Waals surface area contributed by atoms with Crippen molar-refractivity contribution in [2.24, 2.45) is 5.16 Å². The van der Waals surface area contributed by atoms with Gasteiger partial charge < -0.3 is 10.4 Å². The van der Waals surface area contributed by atoms with E-state index in [1.54, 1.807) is 6.01 Å². The van der Waals surface area contributed by atoms with E-state index in [-0.39, 0.29) is 0 Å². The first-order valence-corrected chi connectivity index (χ1v) is 2.35. The molecule has 0 aromatic heterocycles. The second-order valence-electron chi connectivity index (χ2n) is 1.30. The van der Waals surface area contributed by atoms with Gasteiger partial charge in [0.25, 0.3) is 0 Å². The molecule has 0 atom stereocenters. The summed E-state index contributed by atoms with van der Waals surface area (Å²) >= 11 is 0. The molecule has 0 radical (unpaired) electrons. The highest BCUT2D eigenvalue weighted by Crippen LogP contribution is 1.73. The number of hydrogen-bond donors (Lipinski definition) is 1. The molecule has 8 heavy (non-hydrogen) atoms. The van der Waals surface area contributed by atoms with Gasteiger partial charge in [-0.3, -0.25) is 0 Å². The van der Waals surface area contributed by atoms with Crippen molar-refractivity contribution in [1.29, 1.82) is 0 Å². The Morgan fingerprint density at radius 1 is 1.88 bits per heavy atom. The van der Waals surface area contributed by atoms with Gasteiger partial charge >= 0.3 is 6.01 Å². The molecule has 0 fully saturated rings. The van der Waals surface area contributed by atoms with Gasteiger partial charge in [0, 0.05) is 0 Å². The molecule has 0 heterocycles. The van der Waals surface area contributed by atoms with Crippen molar-refractivity contribution in [3.63, 3.8) is 0 Å². The minimum atomic E-state index is 0.323. The van der Waals surface area contributed by atoms with E-state index < -0.39 is 0 Å². The van der Waals surface area contributed by atoms with Crippen molar-refractivity contribution < 1.29 is 9.95 Å². The molecule has 1 N–H and O–H groups in total. The summed E-state index contributed by atoms with van der Waals surface area (Å²) in [5.74, 6) is 0. The van der Waals surface area contributed by atoms with Crippen LogP contribution in [0.25, 0.3) is 0 Å². The van der Waals surface area contributed by atoms with Crippen LogP contribution in [0.5, 0.6) is 0 Å². The predicted octanol–water partition coefficient (Wildman–Crippen LogP) is 0.470. The largest absolute Gasteiger partial charge is 0.708 e. The molecule has 46 valence electrons. The summed E-state index contributed by atoms with van der Waals surface area (Å²) in [5, 5.41) is 20.3. The van der Waals surface area contributed by atoms with Crippen LogP contribution in [0.4, 0.5) is 0 Å². The van der Waals surface area contributed by atoms with Crippen LogP contribution in [0.2, 0.25) is 0 Å². The molecule has 4 nitrogen and oxygen atoms in total. The standard InChI is InChI=1S/C4H8N2O2/c1-2-3-6(8)4-5-7/h7H,2-3H2,1H3. The molecule has 0 amide bonds. The monoisotopic (exact) mass is 116 g/mol. The highest BCUT2D eigenvalue weighted by molar-refractivity contribution is 5.32. The van der Waals surface area contributed by atoms with Crippen molar-refractivity contribution in [1.82, 2.24) is 0 Å². The van der Waals surface area contributed by atoms with Crippen LogP contribution < -0.4 is 0 Å². The molecule has 0 aromatic rings. The SMILES string of the molecule is CCC[N+]([O-])=C=NO. The summed E-state index contributed by atoms with van der Waals surface area (Å²) < 4.78 is 0.444. The third kappa shape index (κ3) is 3.18. The normalized spacial score (nSPS) is 7.62. The van der Waals surface area contributed by atoms with Crippen molar-refractivity contribution in [3.05, 3.63) is 5.21 Å². The summed E-state index contributed by atoms with van der Waals surface area (Å²) in [6.45, 7) is 2.17. The summed E-state index contributed by atoms with van der Waals surface area (Å²) in [6.07, 6.45) is 0.728. The van der Waals surface area contributed by atoms with Crippen LogP contribution in [0.3, 0.4) is 0 Å². The fourth-order valence-corrected chi connectivity index (χ4v) is 0.303. The molecule has 0 aliphatic carbocycles. The third-order valence-electron chi connectivity index (χ3n) is 0.583. The molecular weight excluding hydrogens is 108 g/mol. The molecule has 4 heteroatoms. The van der Waals surface area contributed by atoms with Crippen molar-refractivity contribution >= 4 is 6.01 Å². The van der Waals surface area contributed by atoms with Crippen LogP contribution in [-0.4, -0.2) is 22.5 Å². The van der Waals surface area contributed by atoms with Crippen LogP contribution in [0.1, 0.15) is 13.3 Å². The first-order valence-electron chi connectivity index (χ1n) is 2.35. The summed E-state index contributed by atoms with van der Waals surface area (Å²) in [7, 11) is 0. The van der Waals surface area contributed by atoms with E-state index >= 15 is 0 Å². The maximum Gasteiger partial charge on any atom is 0.365 e. The molecule has 0 saturated carbocycles. The van der Waals surface area contributed by atoms with E-state index in [1.165, 1.54) is 0 Å². The lowest BCUT2D eigenvalue weighted by atomic mass is 10.5. The van der Waals surface area contributed by atoms with Crippen LogP contribution in [0.15, 0.2) is 5.16 Å². The number of hydroxylamine groups is 1. The first-order chi connectivity index (χ1) is 3.81. The highest BCUT2D eigenvalue weighted by Gasteiger charge is 1.80. The van der Waals surface area contributed by atoms with Crippen molar-refractivity contribution in [2.75, 3.05) is 6.54 Å². The van der Waals surface area contributed by atoms with E-state index in [2.05, 4.69) is 5.16 Å². The zero-order valence-electron chi connectivity index (χ0n) is 4.66. The third-order valence-corrected chi connectivity index (χ3v) is 0.583. The van der Waals surface area contributed by atoms with Gasteiger partial charge in [0.1, 0.15) is 0 Å². The van der Waals surface area contributed by atoms with E-state index in [1.807, 2.05) is 6.92 Å². The van der Waals surface area contributed by atoms with Gasteiger partial charge in [-0.25, -0.2) is 4.74 Å². The average molecular weight is 116 g/mol. The average Bonchev–Trinajstić information content (AvgIpc) is 1.68. The zero-order chi connectivity index (χ0) is 6.41. The number of hydrogen-bond acceptors (Lipinski definition) is 3. The Morgan fingerprint density at radius 2 is 2.50 bits per heavy atom. The molecule has 0 rings (SSSR count). The quantitative estimate of drug-likeness (QED) is 0.187. The fourth-order valence-electron chi connectivity index (χ4n) is 0.303. The second kappa shape index (κ2) is 4.15. The van der Waals surface area contributed by atoms with Gasteiger partial charge in [-0.1, -0.05) is 6.92 Å². The van der Waals surface area contributed by atoms with Crippen LogP contribution in [0, 0.1) is 5.21 Å². The van der Waals surface area contributed by atoms with Gasteiger partial charge in [-0.2, -0.15) is 0 Å². The van der Waals surface area contributed by atoms with Crippen molar-refractivity contribution in [3.8, 4) is 0 Å². The van der Waals surface area contributed by atoms with E-state index in [9.17, 15) is 5.21 Å². The Bertz CT molecular complexity index is 115. The molecule has 0 saturated heterocycles. The Morgan fingerprint density at radius 3 is 2.88 bits per heavy atom. The lowest BCUT2D eigenvalue weighted by Crippen LogP contribution is -2.01. The molecule has 0 unspecified atom stereocenters. The number of rotatable bonds is 2. The Kier molecular flexibility index (Phi) is 3.62. The summed E-state index contributed by atoms with van der Waals surface area (Å²) in [4.78, 5) is 0. The maximum atomic E-state index is 10.2. The fraction of sp³-hybridized carbons (Fsp3) is 0.750. The molecule has 0 spiro atoms. The first kappa shape index (κ1) is 6.98. The predicted molar refractivity (Wildman–Crippen MR) is 28.0 cm³/mol. The van der Waals surface area contributed by atoms with Gasteiger partial charge in [0.05, 0.1) is 6.54 Å². The lowest BCUT2D eigenvalue weighted by Gasteiger charge is -1.98. The molecular formula is C4H8N2O2. The minimum absolute atomic E-state index is 0.323. The lowest BCUT2D eigenvalue weighted by molar-refractivity contribution is -0.451. The van der Waals surface area contributed by atoms with E-state index in [0.717, 1.165) is 6.42 Å². The zero-order valence-corrected chi connectivity index (χ0v) is 4.66. The van der Waals surface area contributed by atoms with Gasteiger partial charge in [-0.15, -0.1) is 0 Å². The molecule has 0 bridgehead atoms. The molecule has 0 aromatic carbocycles. The van der Waals surface area contributed by atoms with Gasteiger partial charge in [0.15, 0.2) is 0 Å². The minimum Gasteiger partial charge on any atom is -0.708 e. The Labute approximate surface area is 47.3 Å². The summed E-state index contributed by atoms with van der Waals surface area (Å²) in [6, 6.07) is 1.80. The second-order valence-corrected chi connectivity index (χ2v) is 1.30. The topological polar surface area (TPSA) is 58.7 Å². The highest BCUT2D eigenvalue weighted by atomic mass is 16.5. The summed E-state index contributed by atoms with van der Waals surface area (Å²) in [5.41, 5.74) is 0. The number of nitrogens with zero attached hydrogens (tertiary/aromatic N) is 2. The van der Waals surface area contributed by atoms with Crippen LogP contribution in [-0.2, 0) is 0 Å². The maximum absolute atomic E-state index is 10.2. The molecule has 0 aliphatic heterocycles. The Balaban J connectivity index is 3.62. The van der Waals surface area contributed by atoms with Crippen molar-refractivity contribution in [2.45, 2.75) is 13.3 Å². The Hall–Kier alpha value is -1.02. The molecule has 0 aliphatic rings. The van der Waals surface area contributed by atoms with E-state index in [0.29, 0.717) is 11.3 Å². The van der Waals surface area contributed by atoms with Crippen LogP contribution >= 0.6 is 0 Å². The van der Waals surface area contributed by atoms with E-state index in [4.69, 9.17) is 5.21 Å². The van der Waals surface area contributed by atoms with Gasteiger partial charge in [-0.05, 0) is 6.42 Å². The van der Waals surface area contributed by atoms with Gasteiger partial charge in [0.2, 0.25) is 5.16 Å². The smallest absolute Gasteiger partial charge is 0.365 e.